The summed E-state index contributed by atoms with van der Waals surface area (Å²) in [5.41, 5.74) is -0.0625. The van der Waals surface area contributed by atoms with Crippen LogP contribution in [0.1, 0.15) is 5.56 Å². The number of aromatic hydroxyl groups is 2. The van der Waals surface area contributed by atoms with Gasteiger partial charge in [-0.1, -0.05) is 0 Å². The lowest BCUT2D eigenvalue weighted by Gasteiger charge is -1.77. The van der Waals surface area contributed by atoms with E-state index in [-0.39, 0.29) is 5.56 Å². The Bertz CT molecular complexity index is 258. The lowest BCUT2D eigenvalue weighted by atomic mass is 10.4. The van der Waals surface area contributed by atoms with Crippen LogP contribution in [0.25, 0.3) is 0 Å². The van der Waals surface area contributed by atoms with Crippen molar-refractivity contribution in [2.24, 2.45) is 0 Å². The van der Waals surface area contributed by atoms with E-state index in [1.54, 1.807) is 6.07 Å². The summed E-state index contributed by atoms with van der Waals surface area (Å²) in [5.74, 6) is -1.00. The first kappa shape index (κ1) is 5.51. The average molecular weight is 125 g/mol. The SMILES string of the molecule is N#Cc1cc(O)oc1O. The van der Waals surface area contributed by atoms with Crippen molar-refractivity contribution in [2.75, 3.05) is 0 Å². The molecule has 2 N–H and O–H groups in total. The second-order valence-corrected chi connectivity index (χ2v) is 1.42. The molecule has 4 heteroatoms. The van der Waals surface area contributed by atoms with Crippen molar-refractivity contribution >= 4 is 0 Å². The quantitative estimate of drug-likeness (QED) is 0.531. The molecule has 0 aliphatic carbocycles. The van der Waals surface area contributed by atoms with Crippen LogP contribution < -0.4 is 0 Å². The lowest BCUT2D eigenvalue weighted by molar-refractivity contribution is 0.265. The van der Waals surface area contributed by atoms with Gasteiger partial charge in [0.25, 0.3) is 5.95 Å². The summed E-state index contributed by atoms with van der Waals surface area (Å²) < 4.78 is 4.19. The molecule has 0 saturated carbocycles. The monoisotopic (exact) mass is 125 g/mol. The molecular weight excluding hydrogens is 122 g/mol. The van der Waals surface area contributed by atoms with E-state index in [9.17, 15) is 0 Å². The summed E-state index contributed by atoms with van der Waals surface area (Å²) in [5, 5.41) is 25.2. The minimum atomic E-state index is -0.546. The summed E-state index contributed by atoms with van der Waals surface area (Å²) in [7, 11) is 0. The molecule has 1 heterocycles. The number of nitriles is 1. The van der Waals surface area contributed by atoms with E-state index >= 15 is 0 Å². The van der Waals surface area contributed by atoms with Crippen molar-refractivity contribution in [3.63, 3.8) is 0 Å². The van der Waals surface area contributed by atoms with Crippen LogP contribution in [-0.4, -0.2) is 10.2 Å². The topological polar surface area (TPSA) is 77.4 Å². The smallest absolute Gasteiger partial charge is 0.303 e. The van der Waals surface area contributed by atoms with E-state index in [1.165, 1.54) is 0 Å². The third kappa shape index (κ3) is 0.795. The second kappa shape index (κ2) is 1.71. The maximum Gasteiger partial charge on any atom is 0.303 e. The molecule has 0 aromatic carbocycles. The molecule has 0 spiro atoms. The van der Waals surface area contributed by atoms with Crippen LogP contribution in [0.15, 0.2) is 10.5 Å². The Morgan fingerprint density at radius 1 is 1.56 bits per heavy atom. The normalized spacial score (nSPS) is 8.78. The van der Waals surface area contributed by atoms with Crippen LogP contribution >= 0.6 is 0 Å². The van der Waals surface area contributed by atoms with Crippen molar-refractivity contribution in [3.8, 4) is 18.0 Å². The van der Waals surface area contributed by atoms with E-state index < -0.39 is 11.9 Å². The fourth-order valence-electron chi connectivity index (χ4n) is 0.449. The Kier molecular flexibility index (Phi) is 1.04. The largest absolute Gasteiger partial charge is 0.481 e. The second-order valence-electron chi connectivity index (χ2n) is 1.42. The van der Waals surface area contributed by atoms with Gasteiger partial charge in [0.05, 0.1) is 0 Å². The first-order valence-electron chi connectivity index (χ1n) is 2.16. The van der Waals surface area contributed by atoms with Crippen LogP contribution in [-0.2, 0) is 0 Å². The van der Waals surface area contributed by atoms with Crippen LogP contribution in [0.3, 0.4) is 0 Å². The molecule has 0 bridgehead atoms. The molecule has 0 saturated heterocycles. The third-order valence-electron chi connectivity index (χ3n) is 0.820. The summed E-state index contributed by atoms with van der Waals surface area (Å²) in [6.07, 6.45) is 0. The molecule has 0 fully saturated rings. The Labute approximate surface area is 50.6 Å². The summed E-state index contributed by atoms with van der Waals surface area (Å²) in [6.45, 7) is 0. The third-order valence-corrected chi connectivity index (χ3v) is 0.820. The highest BCUT2D eigenvalue weighted by atomic mass is 16.5. The number of hydrogen-bond acceptors (Lipinski definition) is 4. The lowest BCUT2D eigenvalue weighted by Crippen LogP contribution is -1.61. The van der Waals surface area contributed by atoms with E-state index in [1.807, 2.05) is 0 Å². The van der Waals surface area contributed by atoms with Crippen LogP contribution in [0.4, 0.5) is 0 Å². The number of furan rings is 1. The number of nitrogens with zero attached hydrogens (tertiary/aromatic N) is 1. The van der Waals surface area contributed by atoms with Crippen molar-refractivity contribution < 1.29 is 14.6 Å². The van der Waals surface area contributed by atoms with Gasteiger partial charge >= 0.3 is 5.95 Å². The molecule has 1 aromatic rings. The van der Waals surface area contributed by atoms with Gasteiger partial charge in [-0.15, -0.1) is 0 Å². The highest BCUT2D eigenvalue weighted by Crippen LogP contribution is 2.24. The van der Waals surface area contributed by atoms with E-state index in [0.717, 1.165) is 6.07 Å². The molecule has 9 heavy (non-hydrogen) atoms. The summed E-state index contributed by atoms with van der Waals surface area (Å²) >= 11 is 0. The number of hydrogen-bond donors (Lipinski definition) is 2. The van der Waals surface area contributed by atoms with Gasteiger partial charge in [-0.25, -0.2) is 0 Å². The molecule has 1 aromatic heterocycles. The van der Waals surface area contributed by atoms with Gasteiger partial charge in [-0.05, 0) is 0 Å². The molecule has 46 valence electrons. The van der Waals surface area contributed by atoms with E-state index in [0.29, 0.717) is 0 Å². The first-order valence-corrected chi connectivity index (χ1v) is 2.16. The zero-order chi connectivity index (χ0) is 6.85. The summed E-state index contributed by atoms with van der Waals surface area (Å²) in [4.78, 5) is 0. The molecule has 0 unspecified atom stereocenters. The maximum atomic E-state index is 8.58. The highest BCUT2D eigenvalue weighted by Gasteiger charge is 2.06. The zero-order valence-corrected chi connectivity index (χ0v) is 4.33. The van der Waals surface area contributed by atoms with E-state index in [2.05, 4.69) is 4.42 Å². The van der Waals surface area contributed by atoms with Crippen LogP contribution in [0, 0.1) is 11.3 Å². The highest BCUT2D eigenvalue weighted by molar-refractivity contribution is 5.38. The molecule has 0 amide bonds. The first-order chi connectivity index (χ1) is 4.24. The summed E-state index contributed by atoms with van der Waals surface area (Å²) in [6, 6.07) is 2.65. The molecule has 0 aliphatic heterocycles. The molecule has 0 radical (unpaired) electrons. The van der Waals surface area contributed by atoms with Gasteiger partial charge < -0.3 is 14.6 Å². The minimum absolute atomic E-state index is 0.0625. The van der Waals surface area contributed by atoms with Crippen molar-refractivity contribution in [1.29, 1.82) is 5.26 Å². The Morgan fingerprint density at radius 3 is 2.44 bits per heavy atom. The fraction of sp³-hybridized carbons (Fsp3) is 0. The Morgan fingerprint density at radius 2 is 2.22 bits per heavy atom. The minimum Gasteiger partial charge on any atom is -0.481 e. The fourth-order valence-corrected chi connectivity index (χ4v) is 0.449. The number of rotatable bonds is 0. The molecule has 0 atom stereocenters. The van der Waals surface area contributed by atoms with Gasteiger partial charge in [0, 0.05) is 6.07 Å². The average Bonchev–Trinajstić information content (AvgIpc) is 2.10. The van der Waals surface area contributed by atoms with Gasteiger partial charge in [0.15, 0.2) is 0 Å². The van der Waals surface area contributed by atoms with Gasteiger partial charge in [-0.3, -0.25) is 0 Å². The zero-order valence-electron chi connectivity index (χ0n) is 4.33. The molecule has 0 aliphatic rings. The van der Waals surface area contributed by atoms with Crippen molar-refractivity contribution in [1.82, 2.24) is 0 Å². The molecular formula is C5H3NO3. The Hall–Kier alpha value is -1.63. The van der Waals surface area contributed by atoms with Gasteiger partial charge in [0.1, 0.15) is 11.6 Å². The van der Waals surface area contributed by atoms with Crippen LogP contribution in [0.2, 0.25) is 0 Å². The standard InChI is InChI=1S/C5H3NO3/c6-2-3-1-4(7)9-5(3)8/h1,7-8H. The predicted octanol–water partition coefficient (Wildman–Crippen LogP) is 0.562. The molecule has 4 nitrogen and oxygen atoms in total. The van der Waals surface area contributed by atoms with E-state index in [4.69, 9.17) is 15.5 Å². The molecule has 1 rings (SSSR count). The van der Waals surface area contributed by atoms with Crippen molar-refractivity contribution in [2.45, 2.75) is 0 Å². The van der Waals surface area contributed by atoms with Gasteiger partial charge in [-0.2, -0.15) is 5.26 Å². The predicted molar refractivity (Wildman–Crippen MR) is 26.8 cm³/mol. The van der Waals surface area contributed by atoms with Gasteiger partial charge in [0.2, 0.25) is 0 Å². The Balaban J connectivity index is 3.20. The van der Waals surface area contributed by atoms with Crippen molar-refractivity contribution in [3.05, 3.63) is 11.6 Å². The van der Waals surface area contributed by atoms with Crippen LogP contribution in [0.5, 0.6) is 11.9 Å². The maximum absolute atomic E-state index is 8.58.